The normalized spacial score (nSPS) is 15.4. The molecular weight excluding hydrogens is 268 g/mol. The SMILES string of the molecule is Nc1ccc2ncn(CC(=O)NC3CCCC3)c(=O)c2c1. The number of rotatable bonds is 3. The van der Waals surface area contributed by atoms with Crippen LogP contribution in [0.15, 0.2) is 29.3 Å². The van der Waals surface area contributed by atoms with E-state index in [9.17, 15) is 9.59 Å². The molecule has 0 atom stereocenters. The maximum atomic E-state index is 12.3. The number of anilines is 1. The van der Waals surface area contributed by atoms with E-state index in [0.717, 1.165) is 25.7 Å². The minimum atomic E-state index is -0.242. The number of hydrogen-bond acceptors (Lipinski definition) is 4. The van der Waals surface area contributed by atoms with Crippen molar-refractivity contribution in [3.05, 3.63) is 34.9 Å². The van der Waals surface area contributed by atoms with Crippen molar-refractivity contribution < 1.29 is 4.79 Å². The summed E-state index contributed by atoms with van der Waals surface area (Å²) < 4.78 is 1.33. The Morgan fingerprint density at radius 2 is 2.14 bits per heavy atom. The Labute approximate surface area is 122 Å². The molecule has 1 saturated carbocycles. The quantitative estimate of drug-likeness (QED) is 0.825. The Morgan fingerprint density at radius 3 is 2.90 bits per heavy atom. The standard InChI is InChI=1S/C15H18N4O2/c16-10-5-6-13-12(7-10)15(21)19(9-17-13)8-14(20)18-11-3-1-2-4-11/h5-7,9,11H,1-4,8,16H2,(H,18,20). The molecule has 2 aromatic rings. The lowest BCUT2D eigenvalue weighted by Crippen LogP contribution is -2.37. The van der Waals surface area contributed by atoms with Crippen molar-refractivity contribution in [2.24, 2.45) is 0 Å². The van der Waals surface area contributed by atoms with Gasteiger partial charge in [-0.1, -0.05) is 12.8 Å². The third-order valence-corrected chi connectivity index (χ3v) is 3.88. The van der Waals surface area contributed by atoms with Crippen LogP contribution in [-0.2, 0) is 11.3 Å². The van der Waals surface area contributed by atoms with Crippen LogP contribution in [0.5, 0.6) is 0 Å². The molecule has 0 unspecified atom stereocenters. The number of nitrogen functional groups attached to an aromatic ring is 1. The lowest BCUT2D eigenvalue weighted by molar-refractivity contribution is -0.122. The monoisotopic (exact) mass is 286 g/mol. The highest BCUT2D eigenvalue weighted by Crippen LogP contribution is 2.17. The number of nitrogens with two attached hydrogens (primary N) is 1. The van der Waals surface area contributed by atoms with E-state index in [1.54, 1.807) is 18.2 Å². The van der Waals surface area contributed by atoms with Crippen LogP contribution >= 0.6 is 0 Å². The number of hydrogen-bond donors (Lipinski definition) is 2. The molecule has 1 amide bonds. The second-order valence-electron chi connectivity index (χ2n) is 5.50. The highest BCUT2D eigenvalue weighted by atomic mass is 16.2. The zero-order chi connectivity index (χ0) is 14.8. The van der Waals surface area contributed by atoms with Crippen molar-refractivity contribution in [2.45, 2.75) is 38.3 Å². The second kappa shape index (κ2) is 5.55. The minimum absolute atomic E-state index is 0.00687. The van der Waals surface area contributed by atoms with Gasteiger partial charge in [-0.25, -0.2) is 4.98 Å². The largest absolute Gasteiger partial charge is 0.399 e. The number of fused-ring (bicyclic) bond motifs is 1. The first-order chi connectivity index (χ1) is 10.1. The average Bonchev–Trinajstić information content (AvgIpc) is 2.95. The van der Waals surface area contributed by atoms with Gasteiger partial charge in [0.25, 0.3) is 5.56 Å². The molecule has 6 heteroatoms. The number of carbonyl (C=O) groups excluding carboxylic acids is 1. The van der Waals surface area contributed by atoms with E-state index in [-0.39, 0.29) is 24.1 Å². The summed E-state index contributed by atoms with van der Waals surface area (Å²) in [7, 11) is 0. The first kappa shape index (κ1) is 13.6. The highest BCUT2D eigenvalue weighted by Gasteiger charge is 2.17. The lowest BCUT2D eigenvalue weighted by Gasteiger charge is -2.12. The summed E-state index contributed by atoms with van der Waals surface area (Å²) in [5, 5.41) is 3.40. The van der Waals surface area contributed by atoms with Crippen molar-refractivity contribution >= 4 is 22.5 Å². The molecule has 110 valence electrons. The van der Waals surface area contributed by atoms with Gasteiger partial charge in [-0.15, -0.1) is 0 Å². The van der Waals surface area contributed by atoms with E-state index in [1.807, 2.05) is 0 Å². The van der Waals surface area contributed by atoms with Gasteiger partial charge in [-0.2, -0.15) is 0 Å². The van der Waals surface area contributed by atoms with Crippen molar-refractivity contribution in [1.82, 2.24) is 14.9 Å². The van der Waals surface area contributed by atoms with Crippen LogP contribution in [0.1, 0.15) is 25.7 Å². The molecule has 0 radical (unpaired) electrons. The number of carbonyl (C=O) groups is 1. The van der Waals surface area contributed by atoms with E-state index in [2.05, 4.69) is 10.3 Å². The molecule has 1 fully saturated rings. The molecule has 6 nitrogen and oxygen atoms in total. The summed E-state index contributed by atoms with van der Waals surface area (Å²) in [6.45, 7) is -0.00687. The van der Waals surface area contributed by atoms with Gasteiger partial charge in [-0.3, -0.25) is 14.2 Å². The van der Waals surface area contributed by atoms with Crippen molar-refractivity contribution in [3.8, 4) is 0 Å². The van der Waals surface area contributed by atoms with Gasteiger partial charge in [-0.05, 0) is 31.0 Å². The third-order valence-electron chi connectivity index (χ3n) is 3.88. The Bertz CT molecular complexity index is 732. The molecule has 1 heterocycles. The molecule has 3 N–H and O–H groups in total. The second-order valence-corrected chi connectivity index (χ2v) is 5.50. The van der Waals surface area contributed by atoms with Crippen LogP contribution in [-0.4, -0.2) is 21.5 Å². The van der Waals surface area contributed by atoms with Crippen LogP contribution < -0.4 is 16.6 Å². The smallest absolute Gasteiger partial charge is 0.261 e. The summed E-state index contributed by atoms with van der Waals surface area (Å²) >= 11 is 0. The van der Waals surface area contributed by atoms with Crippen molar-refractivity contribution in [3.63, 3.8) is 0 Å². The van der Waals surface area contributed by atoms with E-state index in [4.69, 9.17) is 5.73 Å². The molecule has 0 bridgehead atoms. The maximum Gasteiger partial charge on any atom is 0.261 e. The zero-order valence-electron chi connectivity index (χ0n) is 11.7. The van der Waals surface area contributed by atoms with Crippen LogP contribution in [0.4, 0.5) is 5.69 Å². The summed E-state index contributed by atoms with van der Waals surface area (Å²) in [5.74, 6) is -0.144. The van der Waals surface area contributed by atoms with E-state index in [1.165, 1.54) is 10.9 Å². The van der Waals surface area contributed by atoms with Gasteiger partial charge in [0.15, 0.2) is 0 Å². The number of aromatic nitrogens is 2. The van der Waals surface area contributed by atoms with E-state index >= 15 is 0 Å². The summed E-state index contributed by atoms with van der Waals surface area (Å²) in [6.07, 6.45) is 5.76. The Morgan fingerprint density at radius 1 is 1.38 bits per heavy atom. The summed E-state index contributed by atoms with van der Waals surface area (Å²) in [6, 6.07) is 5.24. The number of amides is 1. The summed E-state index contributed by atoms with van der Waals surface area (Å²) in [5.41, 5.74) is 6.55. The predicted octanol–water partition coefficient (Wildman–Crippen LogP) is 1.04. The van der Waals surface area contributed by atoms with Gasteiger partial charge in [0.1, 0.15) is 6.54 Å². The fourth-order valence-electron chi connectivity index (χ4n) is 2.79. The molecule has 1 aliphatic carbocycles. The molecule has 0 spiro atoms. The number of nitrogens with one attached hydrogen (secondary N) is 1. The molecule has 1 aliphatic rings. The fraction of sp³-hybridized carbons (Fsp3) is 0.400. The van der Waals surface area contributed by atoms with Crippen LogP contribution in [0.25, 0.3) is 10.9 Å². The lowest BCUT2D eigenvalue weighted by atomic mass is 10.2. The Balaban J connectivity index is 1.81. The minimum Gasteiger partial charge on any atom is -0.399 e. The molecular formula is C15H18N4O2. The first-order valence-electron chi connectivity index (χ1n) is 7.17. The van der Waals surface area contributed by atoms with E-state index < -0.39 is 0 Å². The number of benzene rings is 1. The van der Waals surface area contributed by atoms with E-state index in [0.29, 0.717) is 16.6 Å². The van der Waals surface area contributed by atoms with Gasteiger partial charge in [0.05, 0.1) is 17.2 Å². The average molecular weight is 286 g/mol. The fourth-order valence-corrected chi connectivity index (χ4v) is 2.79. The topological polar surface area (TPSA) is 90.0 Å². The molecule has 1 aromatic heterocycles. The molecule has 1 aromatic carbocycles. The maximum absolute atomic E-state index is 12.3. The van der Waals surface area contributed by atoms with Gasteiger partial charge in [0, 0.05) is 11.7 Å². The van der Waals surface area contributed by atoms with Gasteiger partial charge < -0.3 is 11.1 Å². The summed E-state index contributed by atoms with van der Waals surface area (Å²) in [4.78, 5) is 28.5. The Hall–Kier alpha value is -2.37. The van der Waals surface area contributed by atoms with Gasteiger partial charge >= 0.3 is 0 Å². The third kappa shape index (κ3) is 2.89. The van der Waals surface area contributed by atoms with Crippen LogP contribution in [0, 0.1) is 0 Å². The van der Waals surface area contributed by atoms with Crippen molar-refractivity contribution in [1.29, 1.82) is 0 Å². The zero-order valence-corrected chi connectivity index (χ0v) is 11.7. The molecule has 0 saturated heterocycles. The van der Waals surface area contributed by atoms with Crippen molar-refractivity contribution in [2.75, 3.05) is 5.73 Å². The van der Waals surface area contributed by atoms with Gasteiger partial charge in [0.2, 0.25) is 5.91 Å². The molecule has 21 heavy (non-hydrogen) atoms. The molecule has 3 rings (SSSR count). The highest BCUT2D eigenvalue weighted by molar-refractivity contribution is 5.81. The number of nitrogens with zero attached hydrogens (tertiary/aromatic N) is 2. The van der Waals surface area contributed by atoms with Crippen LogP contribution in [0.2, 0.25) is 0 Å². The molecule has 0 aliphatic heterocycles. The predicted molar refractivity (Wildman–Crippen MR) is 80.8 cm³/mol. The first-order valence-corrected chi connectivity index (χ1v) is 7.17. The Kier molecular flexibility index (Phi) is 3.60. The van der Waals surface area contributed by atoms with Crippen LogP contribution in [0.3, 0.4) is 0 Å².